The van der Waals surface area contributed by atoms with Crippen LogP contribution in [0.2, 0.25) is 10.0 Å². The summed E-state index contributed by atoms with van der Waals surface area (Å²) in [5, 5.41) is 3.56. The predicted octanol–water partition coefficient (Wildman–Crippen LogP) is 4.41. The normalized spacial score (nSPS) is 11.6. The van der Waals surface area contributed by atoms with Gasteiger partial charge in [-0.25, -0.2) is 0 Å². The van der Waals surface area contributed by atoms with Crippen LogP contribution in [-0.2, 0) is 4.79 Å². The van der Waals surface area contributed by atoms with E-state index in [0.717, 1.165) is 0 Å². The minimum absolute atomic E-state index is 0.296. The van der Waals surface area contributed by atoms with Crippen molar-refractivity contribution in [1.82, 2.24) is 0 Å². The number of para-hydroxylation sites is 2. The highest BCUT2D eigenvalue weighted by molar-refractivity contribution is 6.42. The Morgan fingerprint density at radius 1 is 1.14 bits per heavy atom. The maximum absolute atomic E-state index is 12.2. The first-order valence-electron chi connectivity index (χ1n) is 6.57. The largest absolute Gasteiger partial charge is 0.495 e. The van der Waals surface area contributed by atoms with Crippen LogP contribution in [0, 0.1) is 0 Å². The second-order valence-corrected chi connectivity index (χ2v) is 5.34. The lowest BCUT2D eigenvalue weighted by Gasteiger charge is -2.16. The van der Waals surface area contributed by atoms with Crippen LogP contribution in [0.15, 0.2) is 42.5 Å². The molecule has 1 amide bonds. The maximum Gasteiger partial charge on any atom is 0.265 e. The van der Waals surface area contributed by atoms with Gasteiger partial charge in [0.25, 0.3) is 5.91 Å². The molecule has 0 saturated heterocycles. The Balaban J connectivity index is 2.04. The minimum atomic E-state index is -0.706. The molecule has 0 aliphatic carbocycles. The molecule has 6 heteroatoms. The van der Waals surface area contributed by atoms with Crippen LogP contribution >= 0.6 is 23.2 Å². The molecule has 4 nitrogen and oxygen atoms in total. The molecule has 0 aliphatic heterocycles. The predicted molar refractivity (Wildman–Crippen MR) is 88.2 cm³/mol. The number of anilines is 1. The van der Waals surface area contributed by atoms with Crippen molar-refractivity contribution >= 4 is 34.8 Å². The summed E-state index contributed by atoms with van der Waals surface area (Å²) in [5.41, 5.74) is 0.583. The number of amides is 1. The molecule has 1 N–H and O–H groups in total. The molecule has 22 heavy (non-hydrogen) atoms. The van der Waals surface area contributed by atoms with Gasteiger partial charge in [0.2, 0.25) is 0 Å². The van der Waals surface area contributed by atoms with Gasteiger partial charge in [-0.3, -0.25) is 4.79 Å². The third-order valence-corrected chi connectivity index (χ3v) is 3.68. The molecule has 0 spiro atoms. The number of hydrogen-bond donors (Lipinski definition) is 1. The smallest absolute Gasteiger partial charge is 0.265 e. The molecule has 0 fully saturated rings. The summed E-state index contributed by atoms with van der Waals surface area (Å²) in [6.45, 7) is 1.65. The Morgan fingerprint density at radius 2 is 1.86 bits per heavy atom. The van der Waals surface area contributed by atoms with Crippen molar-refractivity contribution in [3.63, 3.8) is 0 Å². The van der Waals surface area contributed by atoms with E-state index in [1.807, 2.05) is 12.1 Å². The fourth-order valence-electron chi connectivity index (χ4n) is 1.79. The van der Waals surface area contributed by atoms with Crippen LogP contribution < -0.4 is 14.8 Å². The van der Waals surface area contributed by atoms with Gasteiger partial charge in [0.1, 0.15) is 11.5 Å². The molecule has 0 radical (unpaired) electrons. The van der Waals surface area contributed by atoms with E-state index >= 15 is 0 Å². The Hall–Kier alpha value is -1.91. The van der Waals surface area contributed by atoms with Gasteiger partial charge in [-0.15, -0.1) is 0 Å². The SMILES string of the molecule is COc1ccccc1NC(=O)C(C)Oc1ccc(Cl)c(Cl)c1. The van der Waals surface area contributed by atoms with Crippen molar-refractivity contribution in [1.29, 1.82) is 0 Å². The average Bonchev–Trinajstić information content (AvgIpc) is 2.51. The van der Waals surface area contributed by atoms with Gasteiger partial charge in [-0.2, -0.15) is 0 Å². The zero-order valence-corrected chi connectivity index (χ0v) is 13.6. The number of carbonyl (C=O) groups excluding carboxylic acids is 1. The molecule has 0 heterocycles. The molecule has 116 valence electrons. The molecule has 2 rings (SSSR count). The summed E-state index contributed by atoms with van der Waals surface area (Å²) in [6.07, 6.45) is -0.706. The third-order valence-electron chi connectivity index (χ3n) is 2.94. The zero-order chi connectivity index (χ0) is 16.1. The Morgan fingerprint density at radius 3 is 2.55 bits per heavy atom. The third kappa shape index (κ3) is 4.06. The number of carbonyl (C=O) groups is 1. The van der Waals surface area contributed by atoms with Crippen LogP contribution in [0.3, 0.4) is 0 Å². The van der Waals surface area contributed by atoms with E-state index in [0.29, 0.717) is 27.2 Å². The number of halogens is 2. The van der Waals surface area contributed by atoms with Crippen LogP contribution in [0.4, 0.5) is 5.69 Å². The van der Waals surface area contributed by atoms with Gasteiger partial charge in [0, 0.05) is 6.07 Å². The number of hydrogen-bond acceptors (Lipinski definition) is 3. The highest BCUT2D eigenvalue weighted by Crippen LogP contribution is 2.27. The number of benzene rings is 2. The summed E-state index contributed by atoms with van der Waals surface area (Å²) in [5.74, 6) is 0.755. The minimum Gasteiger partial charge on any atom is -0.495 e. The number of methoxy groups -OCH3 is 1. The Kier molecular flexibility index (Phi) is 5.52. The fraction of sp³-hybridized carbons (Fsp3) is 0.188. The second kappa shape index (κ2) is 7.38. The monoisotopic (exact) mass is 339 g/mol. The molecular formula is C16H15Cl2NO3. The summed E-state index contributed by atoms with van der Waals surface area (Å²) in [4.78, 5) is 12.2. The van der Waals surface area contributed by atoms with E-state index in [-0.39, 0.29) is 5.91 Å². The van der Waals surface area contributed by atoms with Gasteiger partial charge >= 0.3 is 0 Å². The number of nitrogens with one attached hydrogen (secondary N) is 1. The van der Waals surface area contributed by atoms with Crippen molar-refractivity contribution < 1.29 is 14.3 Å². The van der Waals surface area contributed by atoms with E-state index in [1.165, 1.54) is 0 Å². The van der Waals surface area contributed by atoms with Gasteiger partial charge in [-0.1, -0.05) is 35.3 Å². The molecular weight excluding hydrogens is 325 g/mol. The van der Waals surface area contributed by atoms with Gasteiger partial charge < -0.3 is 14.8 Å². The van der Waals surface area contributed by atoms with Gasteiger partial charge in [0.15, 0.2) is 6.10 Å². The van der Waals surface area contributed by atoms with Gasteiger partial charge in [-0.05, 0) is 31.2 Å². The van der Waals surface area contributed by atoms with E-state index in [1.54, 1.807) is 44.4 Å². The van der Waals surface area contributed by atoms with Crippen LogP contribution in [0.1, 0.15) is 6.92 Å². The first kappa shape index (κ1) is 16.5. The van der Waals surface area contributed by atoms with Gasteiger partial charge in [0.05, 0.1) is 22.8 Å². The van der Waals surface area contributed by atoms with Crippen molar-refractivity contribution in [2.45, 2.75) is 13.0 Å². The standard InChI is InChI=1S/C16H15Cl2NO3/c1-10(22-11-7-8-12(17)13(18)9-11)16(20)19-14-5-3-4-6-15(14)21-2/h3-10H,1-2H3,(H,19,20). The lowest BCUT2D eigenvalue weighted by atomic mass is 10.2. The number of rotatable bonds is 5. The summed E-state index contributed by atoms with van der Waals surface area (Å²) >= 11 is 11.8. The highest BCUT2D eigenvalue weighted by Gasteiger charge is 2.17. The van der Waals surface area contributed by atoms with E-state index in [2.05, 4.69) is 5.32 Å². The fourth-order valence-corrected chi connectivity index (χ4v) is 2.08. The summed E-state index contributed by atoms with van der Waals surface area (Å²) in [6, 6.07) is 12.0. The Labute approximate surface area is 138 Å². The van der Waals surface area contributed by atoms with E-state index in [9.17, 15) is 4.79 Å². The van der Waals surface area contributed by atoms with E-state index in [4.69, 9.17) is 32.7 Å². The lowest BCUT2D eigenvalue weighted by Crippen LogP contribution is -2.30. The second-order valence-electron chi connectivity index (χ2n) is 4.53. The van der Waals surface area contributed by atoms with Crippen molar-refractivity contribution in [2.75, 3.05) is 12.4 Å². The summed E-state index contributed by atoms with van der Waals surface area (Å²) in [7, 11) is 1.54. The topological polar surface area (TPSA) is 47.6 Å². The van der Waals surface area contributed by atoms with Crippen LogP contribution in [-0.4, -0.2) is 19.1 Å². The first-order chi connectivity index (χ1) is 10.5. The Bertz CT molecular complexity index is 676. The highest BCUT2D eigenvalue weighted by atomic mass is 35.5. The zero-order valence-electron chi connectivity index (χ0n) is 12.1. The summed E-state index contributed by atoms with van der Waals surface area (Å²) < 4.78 is 10.7. The molecule has 0 aliphatic rings. The number of ether oxygens (including phenoxy) is 2. The van der Waals surface area contributed by atoms with Crippen molar-refractivity contribution in [3.05, 3.63) is 52.5 Å². The quantitative estimate of drug-likeness (QED) is 0.877. The molecule has 0 bridgehead atoms. The molecule has 1 unspecified atom stereocenters. The van der Waals surface area contributed by atoms with Crippen LogP contribution in [0.5, 0.6) is 11.5 Å². The maximum atomic E-state index is 12.2. The van der Waals surface area contributed by atoms with Crippen LogP contribution in [0.25, 0.3) is 0 Å². The molecule has 1 atom stereocenters. The lowest BCUT2D eigenvalue weighted by molar-refractivity contribution is -0.122. The van der Waals surface area contributed by atoms with Crippen molar-refractivity contribution in [2.24, 2.45) is 0 Å². The van der Waals surface area contributed by atoms with Crippen molar-refractivity contribution in [3.8, 4) is 11.5 Å². The average molecular weight is 340 g/mol. The molecule has 0 saturated carbocycles. The molecule has 2 aromatic carbocycles. The molecule has 2 aromatic rings. The molecule has 0 aromatic heterocycles. The first-order valence-corrected chi connectivity index (χ1v) is 7.32. The van der Waals surface area contributed by atoms with E-state index < -0.39 is 6.10 Å².